The van der Waals surface area contributed by atoms with Crippen molar-refractivity contribution in [3.63, 3.8) is 0 Å². The van der Waals surface area contributed by atoms with Crippen LogP contribution in [0.25, 0.3) is 0 Å². The molecule has 0 unspecified atom stereocenters. The lowest BCUT2D eigenvalue weighted by atomic mass is 10.3. The number of anilines is 1. The van der Waals surface area contributed by atoms with Gasteiger partial charge in [-0.15, -0.1) is 11.3 Å². The van der Waals surface area contributed by atoms with Crippen molar-refractivity contribution in [1.82, 2.24) is 9.29 Å². The van der Waals surface area contributed by atoms with Gasteiger partial charge in [-0.1, -0.05) is 6.07 Å². The monoisotopic (exact) mass is 353 g/mol. The first kappa shape index (κ1) is 15.9. The first-order chi connectivity index (χ1) is 11.0. The molecule has 9 heteroatoms. The van der Waals surface area contributed by atoms with Gasteiger partial charge in [-0.25, -0.2) is 18.2 Å². The summed E-state index contributed by atoms with van der Waals surface area (Å²) in [7, 11) is -3.78. The Morgan fingerprint density at radius 2 is 1.91 bits per heavy atom. The number of piperazine rings is 1. The van der Waals surface area contributed by atoms with E-state index in [9.17, 15) is 13.2 Å². The number of sulfonamides is 1. The first-order valence-corrected chi connectivity index (χ1v) is 9.29. The van der Waals surface area contributed by atoms with Crippen LogP contribution in [0.5, 0.6) is 0 Å². The molecular formula is C14H15N3O4S2. The van der Waals surface area contributed by atoms with Crippen LogP contribution in [0.4, 0.5) is 5.82 Å². The standard InChI is InChI=1S/C14H15N3O4S2/c18-14(19)13-11(4-10-22-13)23(20,21)17-8-6-16(7-9-17)12-3-1-2-5-15-12/h1-5,10H,6-9H2,(H,18,19). The molecule has 0 saturated carbocycles. The van der Waals surface area contributed by atoms with Crippen LogP contribution in [-0.4, -0.2) is 55.0 Å². The topological polar surface area (TPSA) is 90.8 Å². The fourth-order valence-electron chi connectivity index (χ4n) is 2.49. The number of hydrogen-bond donors (Lipinski definition) is 1. The van der Waals surface area contributed by atoms with Crippen molar-refractivity contribution in [2.24, 2.45) is 0 Å². The average molecular weight is 353 g/mol. The molecule has 0 aromatic carbocycles. The second-order valence-corrected chi connectivity index (χ2v) is 7.82. The van der Waals surface area contributed by atoms with E-state index in [-0.39, 0.29) is 9.77 Å². The number of nitrogens with zero attached hydrogens (tertiary/aromatic N) is 3. The van der Waals surface area contributed by atoms with Crippen LogP contribution < -0.4 is 4.90 Å². The Labute approximate surface area is 137 Å². The maximum absolute atomic E-state index is 12.7. The number of carboxylic acid groups (broad SMARTS) is 1. The molecule has 0 radical (unpaired) electrons. The molecule has 0 amide bonds. The summed E-state index contributed by atoms with van der Waals surface area (Å²) in [5, 5.41) is 10.6. The normalized spacial score (nSPS) is 16.4. The summed E-state index contributed by atoms with van der Waals surface area (Å²) in [6.07, 6.45) is 1.70. The Morgan fingerprint density at radius 1 is 1.17 bits per heavy atom. The number of pyridine rings is 1. The molecule has 122 valence electrons. The minimum atomic E-state index is -3.78. The van der Waals surface area contributed by atoms with Gasteiger partial charge in [0.1, 0.15) is 15.6 Å². The summed E-state index contributed by atoms with van der Waals surface area (Å²) in [5.41, 5.74) is 0. The van der Waals surface area contributed by atoms with Gasteiger partial charge in [0.15, 0.2) is 0 Å². The van der Waals surface area contributed by atoms with Gasteiger partial charge in [0.25, 0.3) is 0 Å². The molecule has 1 aliphatic rings. The number of hydrogen-bond acceptors (Lipinski definition) is 6. The molecule has 2 aromatic rings. The quantitative estimate of drug-likeness (QED) is 0.892. The number of rotatable bonds is 4. The maximum Gasteiger partial charge on any atom is 0.347 e. The van der Waals surface area contributed by atoms with Crippen molar-refractivity contribution < 1.29 is 18.3 Å². The first-order valence-electron chi connectivity index (χ1n) is 6.97. The molecule has 1 saturated heterocycles. The second kappa shape index (κ2) is 6.26. The molecule has 0 bridgehead atoms. The Hall–Kier alpha value is -1.97. The Bertz CT molecular complexity index is 796. The third kappa shape index (κ3) is 3.07. The van der Waals surface area contributed by atoms with E-state index in [0.717, 1.165) is 17.2 Å². The van der Waals surface area contributed by atoms with Crippen molar-refractivity contribution in [3.8, 4) is 0 Å². The summed E-state index contributed by atoms with van der Waals surface area (Å²) in [6, 6.07) is 6.95. The molecule has 23 heavy (non-hydrogen) atoms. The van der Waals surface area contributed by atoms with Gasteiger partial charge >= 0.3 is 5.97 Å². The van der Waals surface area contributed by atoms with E-state index in [1.807, 2.05) is 23.1 Å². The van der Waals surface area contributed by atoms with Crippen molar-refractivity contribution >= 4 is 33.1 Å². The zero-order valence-corrected chi connectivity index (χ0v) is 13.8. The van der Waals surface area contributed by atoms with Crippen LogP contribution in [-0.2, 0) is 10.0 Å². The summed E-state index contributed by atoms with van der Waals surface area (Å²) >= 11 is 0.920. The summed E-state index contributed by atoms with van der Waals surface area (Å²) in [4.78, 5) is 17.2. The highest BCUT2D eigenvalue weighted by molar-refractivity contribution is 7.89. The fourth-order valence-corrected chi connectivity index (χ4v) is 5.15. The Morgan fingerprint density at radius 3 is 2.52 bits per heavy atom. The van der Waals surface area contributed by atoms with E-state index in [0.29, 0.717) is 26.2 Å². The van der Waals surface area contributed by atoms with E-state index in [1.165, 1.54) is 15.8 Å². The Kier molecular flexibility index (Phi) is 4.33. The number of thiophene rings is 1. The zero-order valence-electron chi connectivity index (χ0n) is 12.1. The van der Waals surface area contributed by atoms with Gasteiger partial charge in [-0.3, -0.25) is 0 Å². The zero-order chi connectivity index (χ0) is 16.4. The fraction of sp³-hybridized carbons (Fsp3) is 0.286. The molecule has 3 heterocycles. The third-order valence-corrected chi connectivity index (χ3v) is 6.63. The van der Waals surface area contributed by atoms with Crippen LogP contribution >= 0.6 is 11.3 Å². The molecular weight excluding hydrogens is 338 g/mol. The summed E-state index contributed by atoms with van der Waals surface area (Å²) < 4.78 is 26.6. The Balaban J connectivity index is 1.76. The average Bonchev–Trinajstić information content (AvgIpc) is 3.07. The number of aromatic carboxylic acids is 1. The van der Waals surface area contributed by atoms with E-state index in [1.54, 1.807) is 6.20 Å². The largest absolute Gasteiger partial charge is 0.477 e. The molecule has 1 aliphatic heterocycles. The molecule has 0 spiro atoms. The van der Waals surface area contributed by atoms with Gasteiger partial charge in [-0.05, 0) is 23.6 Å². The molecule has 1 fully saturated rings. The van der Waals surface area contributed by atoms with E-state index in [4.69, 9.17) is 5.11 Å². The van der Waals surface area contributed by atoms with Gasteiger partial charge < -0.3 is 10.0 Å². The van der Waals surface area contributed by atoms with E-state index >= 15 is 0 Å². The third-order valence-electron chi connectivity index (χ3n) is 3.65. The van der Waals surface area contributed by atoms with Crippen molar-refractivity contribution in [1.29, 1.82) is 0 Å². The molecule has 0 atom stereocenters. The minimum Gasteiger partial charge on any atom is -0.477 e. The smallest absolute Gasteiger partial charge is 0.347 e. The number of aromatic nitrogens is 1. The van der Waals surface area contributed by atoms with Crippen LogP contribution in [0.1, 0.15) is 9.67 Å². The van der Waals surface area contributed by atoms with Crippen LogP contribution in [0.15, 0.2) is 40.7 Å². The molecule has 1 N–H and O–H groups in total. The molecule has 2 aromatic heterocycles. The summed E-state index contributed by atoms with van der Waals surface area (Å²) in [6.45, 7) is 1.63. The highest BCUT2D eigenvalue weighted by Crippen LogP contribution is 2.26. The van der Waals surface area contributed by atoms with Gasteiger partial charge in [0.05, 0.1) is 0 Å². The number of carboxylic acids is 1. The maximum atomic E-state index is 12.7. The molecule has 0 aliphatic carbocycles. The van der Waals surface area contributed by atoms with Crippen molar-refractivity contribution in [2.45, 2.75) is 4.90 Å². The lowest BCUT2D eigenvalue weighted by molar-refractivity contribution is 0.0698. The van der Waals surface area contributed by atoms with Gasteiger partial charge in [-0.2, -0.15) is 4.31 Å². The predicted molar refractivity (Wildman–Crippen MR) is 86.5 cm³/mol. The summed E-state index contributed by atoms with van der Waals surface area (Å²) in [5.74, 6) is -0.406. The van der Waals surface area contributed by atoms with E-state index < -0.39 is 16.0 Å². The lowest BCUT2D eigenvalue weighted by Gasteiger charge is -2.34. The predicted octanol–water partition coefficient (Wildman–Crippen LogP) is 1.35. The van der Waals surface area contributed by atoms with Crippen LogP contribution in [0.2, 0.25) is 0 Å². The number of carbonyl (C=O) groups is 1. The molecule has 3 rings (SSSR count). The highest BCUT2D eigenvalue weighted by Gasteiger charge is 2.32. The van der Waals surface area contributed by atoms with Crippen molar-refractivity contribution in [2.75, 3.05) is 31.1 Å². The van der Waals surface area contributed by atoms with Crippen LogP contribution in [0.3, 0.4) is 0 Å². The SMILES string of the molecule is O=C(O)c1sccc1S(=O)(=O)N1CCN(c2ccccn2)CC1. The highest BCUT2D eigenvalue weighted by atomic mass is 32.2. The minimum absolute atomic E-state index is 0.124. The van der Waals surface area contributed by atoms with Gasteiger partial charge in [0, 0.05) is 32.4 Å². The second-order valence-electron chi connectivity index (χ2n) is 5.00. The lowest BCUT2D eigenvalue weighted by Crippen LogP contribution is -2.49. The van der Waals surface area contributed by atoms with E-state index in [2.05, 4.69) is 4.98 Å². The molecule has 7 nitrogen and oxygen atoms in total. The van der Waals surface area contributed by atoms with Crippen LogP contribution in [0, 0.1) is 0 Å². The van der Waals surface area contributed by atoms with Gasteiger partial charge in [0.2, 0.25) is 10.0 Å². The van der Waals surface area contributed by atoms with Crippen molar-refractivity contribution in [3.05, 3.63) is 40.7 Å².